The number of rotatable bonds is 10. The maximum absolute atomic E-state index is 12.9. The van der Waals surface area contributed by atoms with Gasteiger partial charge in [-0.25, -0.2) is 4.98 Å². The lowest BCUT2D eigenvalue weighted by atomic mass is 10.1. The second-order valence-electron chi connectivity index (χ2n) is 9.19. The van der Waals surface area contributed by atoms with Crippen LogP contribution >= 0.6 is 0 Å². The average molecular weight is 477 g/mol. The van der Waals surface area contributed by atoms with Gasteiger partial charge in [0.2, 0.25) is 11.8 Å². The van der Waals surface area contributed by atoms with Crippen LogP contribution in [-0.2, 0) is 29.0 Å². The van der Waals surface area contributed by atoms with Crippen molar-refractivity contribution in [1.29, 1.82) is 0 Å². The van der Waals surface area contributed by atoms with E-state index < -0.39 is 0 Å². The minimum absolute atomic E-state index is 0.00622. The molecule has 1 fully saturated rings. The number of methoxy groups -OCH3 is 1. The lowest BCUT2D eigenvalue weighted by molar-refractivity contribution is -0.131. The summed E-state index contributed by atoms with van der Waals surface area (Å²) in [6, 6.07) is 15.6. The fourth-order valence-corrected chi connectivity index (χ4v) is 4.72. The van der Waals surface area contributed by atoms with Gasteiger partial charge in [-0.1, -0.05) is 37.1 Å². The van der Waals surface area contributed by atoms with Gasteiger partial charge in [-0.2, -0.15) is 0 Å². The molecule has 1 aromatic heterocycles. The van der Waals surface area contributed by atoms with Gasteiger partial charge in [-0.3, -0.25) is 9.59 Å². The number of aromatic nitrogens is 2. The number of imidazole rings is 1. The third-order valence-corrected chi connectivity index (χ3v) is 6.66. The molecule has 0 saturated carbocycles. The zero-order valence-corrected chi connectivity index (χ0v) is 20.7. The Morgan fingerprint density at radius 3 is 2.49 bits per heavy atom. The fourth-order valence-electron chi connectivity index (χ4n) is 4.72. The number of carbonyl (C=O) groups is 2. The first-order valence-electron chi connectivity index (χ1n) is 12.8. The van der Waals surface area contributed by atoms with Gasteiger partial charge >= 0.3 is 0 Å². The summed E-state index contributed by atoms with van der Waals surface area (Å²) in [5.74, 6) is 2.00. The smallest absolute Gasteiger partial charge is 0.224 e. The fraction of sp³-hybridized carbons (Fsp3) is 0.464. The molecule has 1 aliphatic heterocycles. The van der Waals surface area contributed by atoms with Crippen molar-refractivity contribution >= 4 is 22.8 Å². The minimum Gasteiger partial charge on any atom is -0.497 e. The van der Waals surface area contributed by atoms with Gasteiger partial charge in [0.15, 0.2) is 0 Å². The summed E-state index contributed by atoms with van der Waals surface area (Å²) in [6.45, 7) is 2.99. The van der Waals surface area contributed by atoms with Crippen molar-refractivity contribution in [1.82, 2.24) is 19.8 Å². The molecule has 0 spiro atoms. The molecule has 0 bridgehead atoms. The molecule has 1 saturated heterocycles. The molecule has 186 valence electrons. The normalized spacial score (nSPS) is 14.0. The Labute approximate surface area is 207 Å². The molecule has 2 heterocycles. The SMILES string of the molecule is COc1ccc(CC(=O)NCCCc2nc3ccccc3n2CCC(=O)N2CCCCCC2)cc1. The molecule has 0 aliphatic carbocycles. The van der Waals surface area contributed by atoms with Gasteiger partial charge in [0, 0.05) is 39.0 Å². The molecule has 3 aromatic rings. The van der Waals surface area contributed by atoms with Crippen LogP contribution < -0.4 is 10.1 Å². The number of fused-ring (bicyclic) bond motifs is 1. The number of likely N-dealkylation sites (tertiary alicyclic amines) is 1. The predicted octanol–water partition coefficient (Wildman–Crippen LogP) is 4.13. The summed E-state index contributed by atoms with van der Waals surface area (Å²) in [5, 5.41) is 3.01. The highest BCUT2D eigenvalue weighted by molar-refractivity contribution is 5.79. The maximum Gasteiger partial charge on any atom is 0.224 e. The Balaban J connectivity index is 1.30. The number of aryl methyl sites for hydroxylation is 2. The summed E-state index contributed by atoms with van der Waals surface area (Å²) in [4.78, 5) is 32.0. The molecule has 0 unspecified atom stereocenters. The van der Waals surface area contributed by atoms with Crippen LogP contribution in [0.15, 0.2) is 48.5 Å². The van der Waals surface area contributed by atoms with E-state index in [1.54, 1.807) is 7.11 Å². The zero-order chi connectivity index (χ0) is 24.5. The number of hydrogen-bond acceptors (Lipinski definition) is 4. The van der Waals surface area contributed by atoms with Crippen molar-refractivity contribution < 1.29 is 14.3 Å². The van der Waals surface area contributed by atoms with Gasteiger partial charge in [0.25, 0.3) is 0 Å². The van der Waals surface area contributed by atoms with Gasteiger partial charge in [0.1, 0.15) is 11.6 Å². The molecular formula is C28H36N4O3. The maximum atomic E-state index is 12.9. The lowest BCUT2D eigenvalue weighted by Crippen LogP contribution is -2.32. The van der Waals surface area contributed by atoms with Gasteiger partial charge < -0.3 is 19.5 Å². The van der Waals surface area contributed by atoms with Crippen LogP contribution in [0.1, 0.15) is 49.9 Å². The molecule has 0 radical (unpaired) electrons. The number of para-hydroxylation sites is 2. The molecular weight excluding hydrogens is 440 g/mol. The Kier molecular flexibility index (Phi) is 8.76. The van der Waals surface area contributed by atoms with E-state index in [1.165, 1.54) is 12.8 Å². The van der Waals surface area contributed by atoms with E-state index in [1.807, 2.05) is 47.4 Å². The van der Waals surface area contributed by atoms with Crippen LogP contribution in [0.4, 0.5) is 0 Å². The lowest BCUT2D eigenvalue weighted by Gasteiger charge is -2.20. The number of nitrogens with one attached hydrogen (secondary N) is 1. The van der Waals surface area contributed by atoms with Crippen LogP contribution in [0.25, 0.3) is 11.0 Å². The Morgan fingerprint density at radius 1 is 1.00 bits per heavy atom. The third-order valence-electron chi connectivity index (χ3n) is 6.66. The highest BCUT2D eigenvalue weighted by atomic mass is 16.5. The van der Waals surface area contributed by atoms with Crippen molar-refractivity contribution in [3.05, 3.63) is 59.9 Å². The Hall–Kier alpha value is -3.35. The Morgan fingerprint density at radius 2 is 1.74 bits per heavy atom. The molecule has 7 nitrogen and oxygen atoms in total. The number of amides is 2. The summed E-state index contributed by atoms with van der Waals surface area (Å²) in [5.41, 5.74) is 2.97. The van der Waals surface area contributed by atoms with E-state index >= 15 is 0 Å². The van der Waals surface area contributed by atoms with E-state index in [9.17, 15) is 9.59 Å². The van der Waals surface area contributed by atoms with Crippen molar-refractivity contribution in [3.63, 3.8) is 0 Å². The summed E-state index contributed by atoms with van der Waals surface area (Å²) in [6.07, 6.45) is 7.03. The van der Waals surface area contributed by atoms with Crippen LogP contribution in [0.5, 0.6) is 5.75 Å². The number of hydrogen-bond donors (Lipinski definition) is 1. The van der Waals surface area contributed by atoms with Crippen LogP contribution in [0, 0.1) is 0 Å². The minimum atomic E-state index is 0.00622. The molecule has 2 aromatic carbocycles. The van der Waals surface area contributed by atoms with E-state index in [-0.39, 0.29) is 11.8 Å². The average Bonchev–Trinajstić information content (AvgIpc) is 3.03. The molecule has 4 rings (SSSR count). The molecule has 7 heteroatoms. The standard InChI is InChI=1S/C28H36N4O3/c1-35-23-14-12-22(13-15-23)21-27(33)29-17-8-11-26-30-24-9-4-5-10-25(24)32(26)20-16-28(34)31-18-6-2-3-7-19-31/h4-5,9-10,12-15H,2-3,6-8,11,16-21H2,1H3,(H,29,33). The molecule has 1 aliphatic rings. The van der Waals surface area contributed by atoms with Crippen LogP contribution in [-0.4, -0.2) is 53.0 Å². The van der Waals surface area contributed by atoms with Crippen LogP contribution in [0.2, 0.25) is 0 Å². The van der Waals surface area contributed by atoms with Crippen molar-refractivity contribution in [2.75, 3.05) is 26.7 Å². The molecule has 1 N–H and O–H groups in total. The monoisotopic (exact) mass is 476 g/mol. The molecule has 2 amide bonds. The first-order valence-corrected chi connectivity index (χ1v) is 12.8. The van der Waals surface area contributed by atoms with E-state index in [2.05, 4.69) is 16.0 Å². The second kappa shape index (κ2) is 12.4. The zero-order valence-electron chi connectivity index (χ0n) is 20.7. The predicted molar refractivity (Wildman–Crippen MR) is 137 cm³/mol. The molecule has 35 heavy (non-hydrogen) atoms. The topological polar surface area (TPSA) is 76.5 Å². The quantitative estimate of drug-likeness (QED) is 0.447. The van der Waals surface area contributed by atoms with Crippen molar-refractivity contribution in [2.45, 2.75) is 57.9 Å². The number of nitrogens with zero attached hydrogens (tertiary/aromatic N) is 3. The highest BCUT2D eigenvalue weighted by Gasteiger charge is 2.17. The van der Waals surface area contributed by atoms with Crippen molar-refractivity contribution in [2.24, 2.45) is 0 Å². The van der Waals surface area contributed by atoms with Crippen LogP contribution in [0.3, 0.4) is 0 Å². The van der Waals surface area contributed by atoms with E-state index in [4.69, 9.17) is 9.72 Å². The van der Waals surface area contributed by atoms with Gasteiger partial charge in [-0.05, 0) is 49.1 Å². The summed E-state index contributed by atoms with van der Waals surface area (Å²) < 4.78 is 7.35. The van der Waals surface area contributed by atoms with E-state index in [0.717, 1.165) is 66.9 Å². The van der Waals surface area contributed by atoms with Crippen molar-refractivity contribution in [3.8, 4) is 5.75 Å². The first-order chi connectivity index (χ1) is 17.1. The largest absolute Gasteiger partial charge is 0.497 e. The second-order valence-corrected chi connectivity index (χ2v) is 9.19. The molecule has 0 atom stereocenters. The van der Waals surface area contributed by atoms with Gasteiger partial charge in [0.05, 0.1) is 24.6 Å². The van der Waals surface area contributed by atoms with E-state index in [0.29, 0.717) is 25.9 Å². The Bertz CT molecular complexity index is 1110. The highest BCUT2D eigenvalue weighted by Crippen LogP contribution is 2.19. The number of ether oxygens (including phenoxy) is 1. The number of carbonyl (C=O) groups excluding carboxylic acids is 2. The first kappa shape index (κ1) is 24.8. The van der Waals surface area contributed by atoms with Gasteiger partial charge in [-0.15, -0.1) is 0 Å². The summed E-state index contributed by atoms with van der Waals surface area (Å²) in [7, 11) is 1.63. The number of benzene rings is 2. The summed E-state index contributed by atoms with van der Waals surface area (Å²) >= 11 is 0. The third kappa shape index (κ3) is 6.84.